The number of carbonyl (C=O) groups excluding carboxylic acids is 2. The van der Waals surface area contributed by atoms with Crippen LogP contribution in [0.4, 0.5) is 5.69 Å². The predicted octanol–water partition coefficient (Wildman–Crippen LogP) is 4.74. The molecule has 0 aliphatic carbocycles. The van der Waals surface area contributed by atoms with Crippen LogP contribution in [-0.2, 0) is 9.53 Å². The fourth-order valence-electron chi connectivity index (χ4n) is 3.65. The quantitative estimate of drug-likeness (QED) is 0.405. The normalized spacial score (nSPS) is 10.9. The fourth-order valence-corrected chi connectivity index (χ4v) is 3.77. The number of ether oxygens (including phenoxy) is 1. The molecular weight excluding hydrogens is 454 g/mol. The maximum atomic E-state index is 12.5. The van der Waals surface area contributed by atoms with E-state index < -0.39 is 18.5 Å². The van der Waals surface area contributed by atoms with Crippen molar-refractivity contribution in [3.63, 3.8) is 0 Å². The molecule has 1 N–H and O–H groups in total. The number of para-hydroxylation sites is 1. The van der Waals surface area contributed by atoms with Crippen LogP contribution in [0.2, 0.25) is 5.02 Å². The molecule has 8 nitrogen and oxygen atoms in total. The summed E-state index contributed by atoms with van der Waals surface area (Å²) in [4.78, 5) is 24.9. The van der Waals surface area contributed by atoms with Crippen molar-refractivity contribution >= 4 is 29.2 Å². The molecule has 2 heterocycles. The van der Waals surface area contributed by atoms with E-state index in [0.717, 1.165) is 28.5 Å². The molecule has 0 unspecified atom stereocenters. The van der Waals surface area contributed by atoms with Crippen molar-refractivity contribution in [2.24, 2.45) is 0 Å². The molecule has 0 spiro atoms. The van der Waals surface area contributed by atoms with Gasteiger partial charge < -0.3 is 10.1 Å². The third-order valence-corrected chi connectivity index (χ3v) is 5.99. The first-order valence-corrected chi connectivity index (χ1v) is 11.0. The van der Waals surface area contributed by atoms with E-state index in [-0.39, 0.29) is 0 Å². The standard InChI is InChI=1S/C25H24ClN5O3/c1-15-23(26)17(3)30(28-15)21-12-10-19(11-13-21)25(33)34-14-22(32)27-24-16(2)29-31(18(24)4)20-8-6-5-7-9-20/h5-13H,14H2,1-4H3,(H,27,32). The molecule has 0 aliphatic rings. The first-order valence-electron chi connectivity index (χ1n) is 10.7. The average molecular weight is 478 g/mol. The Morgan fingerprint density at radius 2 is 1.44 bits per heavy atom. The lowest BCUT2D eigenvalue weighted by atomic mass is 10.2. The highest BCUT2D eigenvalue weighted by Crippen LogP contribution is 2.24. The van der Waals surface area contributed by atoms with Crippen LogP contribution < -0.4 is 5.32 Å². The Hall–Kier alpha value is -3.91. The number of aryl methyl sites for hydroxylation is 2. The number of hydrogen-bond donors (Lipinski definition) is 1. The molecule has 9 heteroatoms. The van der Waals surface area contributed by atoms with E-state index in [1.165, 1.54) is 0 Å². The molecule has 0 fully saturated rings. The summed E-state index contributed by atoms with van der Waals surface area (Å²) < 4.78 is 8.67. The van der Waals surface area contributed by atoms with Gasteiger partial charge >= 0.3 is 5.97 Å². The molecule has 0 saturated heterocycles. The summed E-state index contributed by atoms with van der Waals surface area (Å²) in [5, 5.41) is 12.3. The number of hydrogen-bond acceptors (Lipinski definition) is 5. The van der Waals surface area contributed by atoms with Gasteiger partial charge in [0.05, 0.1) is 50.4 Å². The number of halogens is 1. The van der Waals surface area contributed by atoms with Gasteiger partial charge in [0.15, 0.2) is 6.61 Å². The van der Waals surface area contributed by atoms with E-state index in [0.29, 0.717) is 22.0 Å². The summed E-state index contributed by atoms with van der Waals surface area (Å²) in [5.41, 5.74) is 5.57. The second-order valence-corrected chi connectivity index (χ2v) is 8.24. The zero-order valence-corrected chi connectivity index (χ0v) is 20.1. The zero-order chi connectivity index (χ0) is 24.4. The number of nitrogens with one attached hydrogen (secondary N) is 1. The van der Waals surface area contributed by atoms with Crippen molar-refractivity contribution in [2.45, 2.75) is 27.7 Å². The minimum absolute atomic E-state index is 0.327. The van der Waals surface area contributed by atoms with Gasteiger partial charge in [0, 0.05) is 0 Å². The van der Waals surface area contributed by atoms with E-state index in [9.17, 15) is 9.59 Å². The average Bonchev–Trinajstić information content (AvgIpc) is 3.27. The van der Waals surface area contributed by atoms with Crippen LogP contribution in [0.5, 0.6) is 0 Å². The molecule has 174 valence electrons. The molecule has 1 amide bonds. The Morgan fingerprint density at radius 1 is 0.853 bits per heavy atom. The topological polar surface area (TPSA) is 91.0 Å². The van der Waals surface area contributed by atoms with Crippen LogP contribution in [0.1, 0.15) is 33.1 Å². The Balaban J connectivity index is 1.39. The summed E-state index contributed by atoms with van der Waals surface area (Å²) in [5.74, 6) is -1.04. The Kier molecular flexibility index (Phi) is 6.51. The monoisotopic (exact) mass is 477 g/mol. The SMILES string of the molecule is Cc1nn(-c2ccc(C(=O)OCC(=O)Nc3c(C)nn(-c4ccccc4)c3C)cc2)c(C)c1Cl. The molecule has 2 aromatic heterocycles. The van der Waals surface area contributed by atoms with Crippen molar-refractivity contribution in [2.75, 3.05) is 11.9 Å². The van der Waals surface area contributed by atoms with Gasteiger partial charge in [-0.3, -0.25) is 4.79 Å². The number of esters is 1. The highest BCUT2D eigenvalue weighted by Gasteiger charge is 2.17. The number of rotatable bonds is 6. The van der Waals surface area contributed by atoms with Gasteiger partial charge in [-0.05, 0) is 64.1 Å². The van der Waals surface area contributed by atoms with Crippen molar-refractivity contribution in [3.05, 3.63) is 88.0 Å². The molecule has 34 heavy (non-hydrogen) atoms. The number of aromatic nitrogens is 4. The molecule has 0 aliphatic heterocycles. The number of amides is 1. The Bertz CT molecular complexity index is 1360. The highest BCUT2D eigenvalue weighted by molar-refractivity contribution is 6.31. The van der Waals surface area contributed by atoms with Gasteiger partial charge in [0.1, 0.15) is 0 Å². The minimum atomic E-state index is -0.596. The Labute approximate surface area is 202 Å². The first-order chi connectivity index (χ1) is 16.3. The van der Waals surface area contributed by atoms with E-state index in [4.69, 9.17) is 16.3 Å². The molecule has 0 saturated carbocycles. The lowest BCUT2D eigenvalue weighted by Gasteiger charge is -2.09. The van der Waals surface area contributed by atoms with E-state index in [1.54, 1.807) is 33.6 Å². The smallest absolute Gasteiger partial charge is 0.338 e. The number of anilines is 1. The van der Waals surface area contributed by atoms with E-state index in [1.807, 2.05) is 58.0 Å². The van der Waals surface area contributed by atoms with Crippen LogP contribution in [0.25, 0.3) is 11.4 Å². The maximum absolute atomic E-state index is 12.5. The second kappa shape index (κ2) is 9.52. The van der Waals surface area contributed by atoms with Crippen LogP contribution in [-0.4, -0.2) is 38.0 Å². The summed E-state index contributed by atoms with van der Waals surface area (Å²) >= 11 is 6.21. The lowest BCUT2D eigenvalue weighted by Crippen LogP contribution is -2.21. The number of benzene rings is 2. The summed E-state index contributed by atoms with van der Waals surface area (Å²) in [6.45, 7) is 6.97. The Morgan fingerprint density at radius 3 is 2.06 bits per heavy atom. The van der Waals surface area contributed by atoms with Crippen molar-refractivity contribution in [3.8, 4) is 11.4 Å². The molecular formula is C25H24ClN5O3. The third kappa shape index (κ3) is 4.58. The molecule has 0 bridgehead atoms. The van der Waals surface area contributed by atoms with Crippen LogP contribution in [0.15, 0.2) is 54.6 Å². The zero-order valence-electron chi connectivity index (χ0n) is 19.3. The molecule has 4 rings (SSSR count). The molecule has 0 radical (unpaired) electrons. The van der Waals surface area contributed by atoms with Crippen LogP contribution in [0, 0.1) is 27.7 Å². The second-order valence-electron chi connectivity index (χ2n) is 7.86. The predicted molar refractivity (Wildman–Crippen MR) is 130 cm³/mol. The fraction of sp³-hybridized carbons (Fsp3) is 0.200. The summed E-state index contributed by atoms with van der Waals surface area (Å²) in [6.07, 6.45) is 0. The van der Waals surface area contributed by atoms with Crippen molar-refractivity contribution in [1.29, 1.82) is 0 Å². The van der Waals surface area contributed by atoms with Gasteiger partial charge in [0.2, 0.25) is 0 Å². The number of carbonyl (C=O) groups is 2. The van der Waals surface area contributed by atoms with Gasteiger partial charge in [-0.1, -0.05) is 29.8 Å². The highest BCUT2D eigenvalue weighted by atomic mass is 35.5. The lowest BCUT2D eigenvalue weighted by molar-refractivity contribution is -0.119. The van der Waals surface area contributed by atoms with Gasteiger partial charge in [-0.2, -0.15) is 10.2 Å². The summed E-state index contributed by atoms with van der Waals surface area (Å²) in [7, 11) is 0. The van der Waals surface area contributed by atoms with Crippen LogP contribution in [0.3, 0.4) is 0 Å². The van der Waals surface area contributed by atoms with Crippen LogP contribution >= 0.6 is 11.6 Å². The molecule has 4 aromatic rings. The third-order valence-electron chi connectivity index (χ3n) is 5.44. The summed E-state index contributed by atoms with van der Waals surface area (Å²) in [6, 6.07) is 16.4. The minimum Gasteiger partial charge on any atom is -0.452 e. The first kappa shape index (κ1) is 23.3. The molecule has 2 aromatic carbocycles. The van der Waals surface area contributed by atoms with Crippen molar-refractivity contribution < 1.29 is 14.3 Å². The largest absolute Gasteiger partial charge is 0.452 e. The van der Waals surface area contributed by atoms with Crippen molar-refractivity contribution in [1.82, 2.24) is 19.6 Å². The molecule has 0 atom stereocenters. The maximum Gasteiger partial charge on any atom is 0.338 e. The van der Waals surface area contributed by atoms with Gasteiger partial charge in [-0.25, -0.2) is 14.2 Å². The van der Waals surface area contributed by atoms with Gasteiger partial charge in [-0.15, -0.1) is 0 Å². The van der Waals surface area contributed by atoms with E-state index >= 15 is 0 Å². The van der Waals surface area contributed by atoms with Gasteiger partial charge in [0.25, 0.3) is 5.91 Å². The van der Waals surface area contributed by atoms with E-state index in [2.05, 4.69) is 15.5 Å². The number of nitrogens with zero attached hydrogens (tertiary/aromatic N) is 4.